The molecule has 0 fully saturated rings. The van der Waals surface area contributed by atoms with Gasteiger partial charge in [-0.1, -0.05) is 6.07 Å². The molecule has 1 aromatic rings. The largest absolute Gasteiger partial charge is 0.454 e. The minimum atomic E-state index is -3.58. The van der Waals surface area contributed by atoms with Crippen LogP contribution in [0, 0.1) is 6.92 Å². The van der Waals surface area contributed by atoms with Crippen LogP contribution >= 0.6 is 10.7 Å². The summed E-state index contributed by atoms with van der Waals surface area (Å²) < 4.78 is 32.4. The number of aryl methyl sites for hydroxylation is 1. The number of hydrogen-bond donors (Lipinski definition) is 0. The molecule has 6 heteroatoms. The van der Waals surface area contributed by atoms with Crippen molar-refractivity contribution >= 4 is 19.7 Å². The Hall–Kier alpha value is -0.940. The van der Waals surface area contributed by atoms with E-state index in [1.165, 1.54) is 0 Å². The molecule has 1 heterocycles. The number of ether oxygens (including phenoxy) is 2. The first-order valence-electron chi connectivity index (χ1n) is 4.28. The Balaban J connectivity index is 2.50. The van der Waals surface area contributed by atoms with E-state index in [1.807, 2.05) is 0 Å². The molecule has 0 saturated heterocycles. The Morgan fingerprint density at radius 1 is 1.40 bits per heavy atom. The predicted octanol–water partition coefficient (Wildman–Crippen LogP) is 1.79. The second-order valence-electron chi connectivity index (χ2n) is 3.28. The van der Waals surface area contributed by atoms with Crippen molar-refractivity contribution in [3.63, 3.8) is 0 Å². The molecule has 0 unspecified atom stereocenters. The maximum atomic E-state index is 11.0. The molecular weight excluding hydrogens is 240 g/mol. The molecule has 15 heavy (non-hydrogen) atoms. The fourth-order valence-corrected chi connectivity index (χ4v) is 2.51. The predicted molar refractivity (Wildman–Crippen MR) is 55.8 cm³/mol. The first-order chi connectivity index (χ1) is 6.97. The van der Waals surface area contributed by atoms with E-state index in [1.54, 1.807) is 19.1 Å². The molecule has 0 amide bonds. The molecule has 0 aliphatic carbocycles. The molecule has 0 saturated carbocycles. The summed E-state index contributed by atoms with van der Waals surface area (Å²) in [5.74, 6) is 0.808. The quantitative estimate of drug-likeness (QED) is 0.749. The summed E-state index contributed by atoms with van der Waals surface area (Å²) in [5, 5.41) is 0. The highest BCUT2D eigenvalue weighted by Gasteiger charge is 2.22. The highest BCUT2D eigenvalue weighted by atomic mass is 35.7. The van der Waals surface area contributed by atoms with Gasteiger partial charge in [0.1, 0.15) is 0 Å². The maximum absolute atomic E-state index is 11.0. The monoisotopic (exact) mass is 248 g/mol. The van der Waals surface area contributed by atoms with Gasteiger partial charge in [0.15, 0.2) is 11.5 Å². The molecule has 0 spiro atoms. The van der Waals surface area contributed by atoms with Crippen molar-refractivity contribution in [2.24, 2.45) is 0 Å². The molecule has 1 aromatic carbocycles. The SMILES string of the molecule is Cc1ccc2c(c1CS(=O)(=O)Cl)OCO2. The zero-order chi connectivity index (χ0) is 11.1. The average molecular weight is 249 g/mol. The smallest absolute Gasteiger partial charge is 0.236 e. The van der Waals surface area contributed by atoms with Gasteiger partial charge in [-0.25, -0.2) is 8.42 Å². The number of halogens is 1. The topological polar surface area (TPSA) is 52.6 Å². The summed E-state index contributed by atoms with van der Waals surface area (Å²) >= 11 is 0. The normalized spacial score (nSPS) is 14.3. The van der Waals surface area contributed by atoms with E-state index < -0.39 is 9.05 Å². The summed E-state index contributed by atoms with van der Waals surface area (Å²) in [6.45, 7) is 1.92. The van der Waals surface area contributed by atoms with Gasteiger partial charge in [-0.05, 0) is 18.6 Å². The lowest BCUT2D eigenvalue weighted by Gasteiger charge is -2.07. The Morgan fingerprint density at radius 3 is 2.80 bits per heavy atom. The standard InChI is InChI=1S/C9H9ClO4S/c1-6-2-3-8-9(14-5-13-8)7(6)4-15(10,11)12/h2-3H,4-5H2,1H3. The van der Waals surface area contributed by atoms with Gasteiger partial charge < -0.3 is 9.47 Å². The molecule has 1 aliphatic heterocycles. The van der Waals surface area contributed by atoms with Crippen LogP contribution in [-0.4, -0.2) is 15.2 Å². The molecule has 0 N–H and O–H groups in total. The van der Waals surface area contributed by atoms with Gasteiger partial charge in [0.05, 0.1) is 5.75 Å². The van der Waals surface area contributed by atoms with Gasteiger partial charge in [0, 0.05) is 16.2 Å². The van der Waals surface area contributed by atoms with Gasteiger partial charge in [0.2, 0.25) is 15.8 Å². The summed E-state index contributed by atoms with van der Waals surface area (Å²) in [5.41, 5.74) is 1.39. The third-order valence-electron chi connectivity index (χ3n) is 2.19. The average Bonchev–Trinajstić information content (AvgIpc) is 2.56. The minimum Gasteiger partial charge on any atom is -0.454 e. The van der Waals surface area contributed by atoms with Crippen LogP contribution in [-0.2, 0) is 14.8 Å². The zero-order valence-electron chi connectivity index (χ0n) is 7.99. The highest BCUT2D eigenvalue weighted by Crippen LogP contribution is 2.38. The van der Waals surface area contributed by atoms with Gasteiger partial charge in [-0.3, -0.25) is 0 Å². The van der Waals surface area contributed by atoms with E-state index in [-0.39, 0.29) is 12.5 Å². The Kier molecular flexibility index (Phi) is 2.52. The van der Waals surface area contributed by atoms with Crippen LogP contribution in [0.25, 0.3) is 0 Å². The highest BCUT2D eigenvalue weighted by molar-refractivity contribution is 8.13. The molecule has 0 radical (unpaired) electrons. The van der Waals surface area contributed by atoms with Crippen LogP contribution in [0.2, 0.25) is 0 Å². The second kappa shape index (κ2) is 3.57. The van der Waals surface area contributed by atoms with E-state index >= 15 is 0 Å². The fraction of sp³-hybridized carbons (Fsp3) is 0.333. The van der Waals surface area contributed by atoms with Crippen LogP contribution in [0.1, 0.15) is 11.1 Å². The van der Waals surface area contributed by atoms with Crippen LogP contribution < -0.4 is 9.47 Å². The van der Waals surface area contributed by atoms with Gasteiger partial charge in [-0.15, -0.1) is 0 Å². The second-order valence-corrected chi connectivity index (χ2v) is 6.05. The van der Waals surface area contributed by atoms with E-state index in [0.29, 0.717) is 17.1 Å². The van der Waals surface area contributed by atoms with Crippen LogP contribution in [0.5, 0.6) is 11.5 Å². The first kappa shape index (κ1) is 10.6. The lowest BCUT2D eigenvalue weighted by atomic mass is 10.1. The fourth-order valence-electron chi connectivity index (χ4n) is 1.48. The lowest BCUT2D eigenvalue weighted by Crippen LogP contribution is -2.00. The summed E-state index contributed by atoms with van der Waals surface area (Å²) in [7, 11) is 1.63. The maximum Gasteiger partial charge on any atom is 0.236 e. The number of hydrogen-bond acceptors (Lipinski definition) is 4. The van der Waals surface area contributed by atoms with Crippen LogP contribution in [0.15, 0.2) is 12.1 Å². The van der Waals surface area contributed by atoms with Crippen molar-refractivity contribution in [1.82, 2.24) is 0 Å². The van der Waals surface area contributed by atoms with Crippen molar-refractivity contribution in [2.45, 2.75) is 12.7 Å². The molecule has 2 rings (SSSR count). The van der Waals surface area contributed by atoms with Crippen LogP contribution in [0.3, 0.4) is 0 Å². The number of benzene rings is 1. The first-order valence-corrected chi connectivity index (χ1v) is 6.75. The Labute approximate surface area is 92.2 Å². The lowest BCUT2D eigenvalue weighted by molar-refractivity contribution is 0.173. The summed E-state index contributed by atoms with van der Waals surface area (Å²) in [4.78, 5) is 0. The van der Waals surface area contributed by atoms with Crippen molar-refractivity contribution in [2.75, 3.05) is 6.79 Å². The summed E-state index contributed by atoms with van der Waals surface area (Å²) in [6.07, 6.45) is 0. The van der Waals surface area contributed by atoms with Crippen LogP contribution in [0.4, 0.5) is 0 Å². The molecule has 82 valence electrons. The van der Waals surface area contributed by atoms with Crippen molar-refractivity contribution in [3.8, 4) is 11.5 Å². The van der Waals surface area contributed by atoms with Crippen molar-refractivity contribution in [3.05, 3.63) is 23.3 Å². The third kappa shape index (κ3) is 2.18. The number of fused-ring (bicyclic) bond motifs is 1. The molecule has 4 nitrogen and oxygen atoms in total. The zero-order valence-corrected chi connectivity index (χ0v) is 9.56. The van der Waals surface area contributed by atoms with E-state index in [2.05, 4.69) is 0 Å². The van der Waals surface area contributed by atoms with E-state index in [4.69, 9.17) is 20.2 Å². The van der Waals surface area contributed by atoms with E-state index in [0.717, 1.165) is 5.56 Å². The molecule has 0 aromatic heterocycles. The Morgan fingerprint density at radius 2 is 2.13 bits per heavy atom. The van der Waals surface area contributed by atoms with Gasteiger partial charge in [-0.2, -0.15) is 0 Å². The minimum absolute atomic E-state index is 0.119. The number of rotatable bonds is 2. The van der Waals surface area contributed by atoms with Crippen molar-refractivity contribution < 1.29 is 17.9 Å². The third-order valence-corrected chi connectivity index (χ3v) is 3.15. The van der Waals surface area contributed by atoms with Gasteiger partial charge in [0.25, 0.3) is 0 Å². The Bertz CT molecular complexity index is 495. The van der Waals surface area contributed by atoms with Crippen molar-refractivity contribution in [1.29, 1.82) is 0 Å². The molecule has 0 bridgehead atoms. The summed E-state index contributed by atoms with van der Waals surface area (Å²) in [6, 6.07) is 3.53. The van der Waals surface area contributed by atoms with E-state index in [9.17, 15) is 8.42 Å². The van der Waals surface area contributed by atoms with Gasteiger partial charge >= 0.3 is 0 Å². The molecule has 1 aliphatic rings. The molecule has 0 atom stereocenters. The molecular formula is C9H9ClO4S.